The highest BCUT2D eigenvalue weighted by Crippen LogP contribution is 2.15. The van der Waals surface area contributed by atoms with Crippen LogP contribution in [0.2, 0.25) is 0 Å². The molecule has 1 unspecified atom stereocenters. The van der Waals surface area contributed by atoms with Crippen LogP contribution in [0.5, 0.6) is 0 Å². The minimum atomic E-state index is -0.237. The standard InChI is InChI=1S/C14H20O2/c1-4-5-11-15-13(3)16-12(2)14-9-7-6-8-10-14/h6-10,13H,2,4-5,11H2,1,3H3. The van der Waals surface area contributed by atoms with Crippen molar-refractivity contribution in [1.82, 2.24) is 0 Å². The van der Waals surface area contributed by atoms with Gasteiger partial charge in [-0.2, -0.15) is 0 Å². The first kappa shape index (κ1) is 12.8. The van der Waals surface area contributed by atoms with Crippen molar-refractivity contribution >= 4 is 5.76 Å². The lowest BCUT2D eigenvalue weighted by Crippen LogP contribution is -2.12. The van der Waals surface area contributed by atoms with Crippen LogP contribution < -0.4 is 0 Å². The summed E-state index contributed by atoms with van der Waals surface area (Å²) in [5, 5.41) is 0. The van der Waals surface area contributed by atoms with Crippen LogP contribution in [0.1, 0.15) is 32.3 Å². The van der Waals surface area contributed by atoms with Crippen molar-refractivity contribution in [3.63, 3.8) is 0 Å². The highest BCUT2D eigenvalue weighted by atomic mass is 16.7. The van der Waals surface area contributed by atoms with Gasteiger partial charge in [-0.25, -0.2) is 0 Å². The van der Waals surface area contributed by atoms with E-state index in [-0.39, 0.29) is 6.29 Å². The Labute approximate surface area is 97.9 Å². The molecule has 1 atom stereocenters. The van der Waals surface area contributed by atoms with Crippen molar-refractivity contribution in [2.45, 2.75) is 33.0 Å². The van der Waals surface area contributed by atoms with Crippen molar-refractivity contribution in [1.29, 1.82) is 0 Å². The van der Waals surface area contributed by atoms with E-state index >= 15 is 0 Å². The van der Waals surface area contributed by atoms with Crippen LogP contribution in [0.4, 0.5) is 0 Å². The molecular formula is C14H20O2. The van der Waals surface area contributed by atoms with E-state index in [1.165, 1.54) is 0 Å². The van der Waals surface area contributed by atoms with Crippen LogP contribution in [-0.2, 0) is 9.47 Å². The lowest BCUT2D eigenvalue weighted by atomic mass is 10.2. The molecule has 0 aliphatic carbocycles. The molecule has 16 heavy (non-hydrogen) atoms. The third kappa shape index (κ3) is 4.49. The molecule has 0 spiro atoms. The van der Waals surface area contributed by atoms with Crippen molar-refractivity contribution in [3.8, 4) is 0 Å². The molecule has 0 saturated heterocycles. The predicted molar refractivity (Wildman–Crippen MR) is 66.9 cm³/mol. The zero-order chi connectivity index (χ0) is 11.8. The number of rotatable bonds is 7. The number of ether oxygens (including phenoxy) is 2. The van der Waals surface area contributed by atoms with Gasteiger partial charge in [-0.05, 0) is 13.3 Å². The van der Waals surface area contributed by atoms with Gasteiger partial charge in [0.05, 0.1) is 6.61 Å². The van der Waals surface area contributed by atoms with Gasteiger partial charge in [0.15, 0.2) is 6.29 Å². The molecule has 0 aliphatic rings. The van der Waals surface area contributed by atoms with Gasteiger partial charge < -0.3 is 9.47 Å². The smallest absolute Gasteiger partial charge is 0.196 e. The van der Waals surface area contributed by atoms with Crippen LogP contribution in [0.25, 0.3) is 5.76 Å². The van der Waals surface area contributed by atoms with Gasteiger partial charge in [0, 0.05) is 5.56 Å². The second kappa shape index (κ2) is 7.07. The van der Waals surface area contributed by atoms with Gasteiger partial charge in [0.25, 0.3) is 0 Å². The topological polar surface area (TPSA) is 18.5 Å². The average Bonchev–Trinajstić information content (AvgIpc) is 2.30. The number of benzene rings is 1. The van der Waals surface area contributed by atoms with E-state index in [0.29, 0.717) is 5.76 Å². The van der Waals surface area contributed by atoms with Crippen molar-refractivity contribution in [2.24, 2.45) is 0 Å². The summed E-state index contributed by atoms with van der Waals surface area (Å²) in [6.45, 7) is 8.66. The Bertz CT molecular complexity index is 306. The van der Waals surface area contributed by atoms with E-state index in [0.717, 1.165) is 25.0 Å². The Morgan fingerprint density at radius 1 is 1.31 bits per heavy atom. The molecule has 0 aromatic heterocycles. The first-order chi connectivity index (χ1) is 7.74. The molecule has 0 aliphatic heterocycles. The second-order valence-corrected chi connectivity index (χ2v) is 3.70. The molecule has 1 aromatic carbocycles. The quantitative estimate of drug-likeness (QED) is 0.395. The van der Waals surface area contributed by atoms with Gasteiger partial charge >= 0.3 is 0 Å². The van der Waals surface area contributed by atoms with E-state index in [1.54, 1.807) is 0 Å². The maximum atomic E-state index is 5.57. The molecule has 0 heterocycles. The predicted octanol–water partition coefficient (Wildman–Crippen LogP) is 3.84. The Kier molecular flexibility index (Phi) is 5.65. The van der Waals surface area contributed by atoms with Gasteiger partial charge in [-0.15, -0.1) is 0 Å². The van der Waals surface area contributed by atoms with E-state index in [9.17, 15) is 0 Å². The number of unbranched alkanes of at least 4 members (excludes halogenated alkanes) is 1. The fourth-order valence-electron chi connectivity index (χ4n) is 1.32. The molecule has 0 N–H and O–H groups in total. The summed E-state index contributed by atoms with van der Waals surface area (Å²) < 4.78 is 11.1. The summed E-state index contributed by atoms with van der Waals surface area (Å²) in [7, 11) is 0. The molecule has 1 aromatic rings. The normalized spacial score (nSPS) is 12.1. The zero-order valence-electron chi connectivity index (χ0n) is 10.1. The molecule has 88 valence electrons. The molecule has 0 saturated carbocycles. The molecule has 0 amide bonds. The zero-order valence-corrected chi connectivity index (χ0v) is 10.1. The van der Waals surface area contributed by atoms with E-state index in [1.807, 2.05) is 37.3 Å². The van der Waals surface area contributed by atoms with Gasteiger partial charge in [0.2, 0.25) is 0 Å². The van der Waals surface area contributed by atoms with Crippen LogP contribution in [0, 0.1) is 0 Å². The molecule has 0 fully saturated rings. The molecule has 0 bridgehead atoms. The monoisotopic (exact) mass is 220 g/mol. The van der Waals surface area contributed by atoms with Crippen molar-refractivity contribution in [2.75, 3.05) is 6.61 Å². The highest BCUT2D eigenvalue weighted by Gasteiger charge is 2.05. The Balaban J connectivity index is 2.34. The summed E-state index contributed by atoms with van der Waals surface area (Å²) in [4.78, 5) is 0. The summed E-state index contributed by atoms with van der Waals surface area (Å²) in [6.07, 6.45) is 1.96. The highest BCUT2D eigenvalue weighted by molar-refractivity contribution is 5.56. The van der Waals surface area contributed by atoms with Crippen LogP contribution in [0.15, 0.2) is 36.9 Å². The molecular weight excluding hydrogens is 200 g/mol. The van der Waals surface area contributed by atoms with Crippen LogP contribution in [0.3, 0.4) is 0 Å². The Morgan fingerprint density at radius 2 is 2.00 bits per heavy atom. The summed E-state index contributed by atoms with van der Waals surface area (Å²) in [6, 6.07) is 9.85. The number of hydrogen-bond donors (Lipinski definition) is 0. The fraction of sp³-hybridized carbons (Fsp3) is 0.429. The SMILES string of the molecule is C=C(OC(C)OCCCC)c1ccccc1. The summed E-state index contributed by atoms with van der Waals surface area (Å²) in [5.41, 5.74) is 0.994. The van der Waals surface area contributed by atoms with Crippen molar-refractivity contribution in [3.05, 3.63) is 42.5 Å². The van der Waals surface area contributed by atoms with Crippen molar-refractivity contribution < 1.29 is 9.47 Å². The van der Waals surface area contributed by atoms with E-state index in [2.05, 4.69) is 13.5 Å². The lowest BCUT2D eigenvalue weighted by Gasteiger charge is -2.17. The number of hydrogen-bond acceptors (Lipinski definition) is 2. The lowest BCUT2D eigenvalue weighted by molar-refractivity contribution is -0.0837. The minimum Gasteiger partial charge on any atom is -0.465 e. The first-order valence-electron chi connectivity index (χ1n) is 5.76. The largest absolute Gasteiger partial charge is 0.465 e. The third-order valence-electron chi connectivity index (χ3n) is 2.25. The first-order valence-corrected chi connectivity index (χ1v) is 5.76. The molecule has 1 rings (SSSR count). The van der Waals surface area contributed by atoms with Gasteiger partial charge in [-0.1, -0.05) is 50.3 Å². The summed E-state index contributed by atoms with van der Waals surface area (Å²) in [5.74, 6) is 0.657. The molecule has 0 radical (unpaired) electrons. The maximum absolute atomic E-state index is 5.57. The van der Waals surface area contributed by atoms with Gasteiger partial charge in [0.1, 0.15) is 5.76 Å². The summed E-state index contributed by atoms with van der Waals surface area (Å²) >= 11 is 0. The van der Waals surface area contributed by atoms with E-state index < -0.39 is 0 Å². The van der Waals surface area contributed by atoms with E-state index in [4.69, 9.17) is 9.47 Å². The Morgan fingerprint density at radius 3 is 2.62 bits per heavy atom. The minimum absolute atomic E-state index is 0.237. The maximum Gasteiger partial charge on any atom is 0.196 e. The van der Waals surface area contributed by atoms with Crippen LogP contribution >= 0.6 is 0 Å². The van der Waals surface area contributed by atoms with Gasteiger partial charge in [-0.3, -0.25) is 0 Å². The Hall–Kier alpha value is -1.28. The third-order valence-corrected chi connectivity index (χ3v) is 2.25. The molecule has 2 heteroatoms. The second-order valence-electron chi connectivity index (χ2n) is 3.70. The van der Waals surface area contributed by atoms with Crippen LogP contribution in [-0.4, -0.2) is 12.9 Å². The average molecular weight is 220 g/mol. The molecule has 2 nitrogen and oxygen atoms in total. The fourth-order valence-corrected chi connectivity index (χ4v) is 1.32.